The second-order valence-electron chi connectivity index (χ2n) is 5.01. The van der Waals surface area contributed by atoms with Gasteiger partial charge in [-0.3, -0.25) is 0 Å². The second kappa shape index (κ2) is 5.07. The lowest BCUT2D eigenvalue weighted by atomic mass is 9.81. The molecule has 1 unspecified atom stereocenters. The predicted octanol–water partition coefficient (Wildman–Crippen LogP) is 6.10. The summed E-state index contributed by atoms with van der Waals surface area (Å²) in [6, 6.07) is 3.04. The molecule has 1 aliphatic carbocycles. The lowest BCUT2D eigenvalue weighted by Gasteiger charge is -2.30. The SMILES string of the molecule is CC1(C(Cl)c2cc(Cl)c(Br)cc2F)CCCC1. The Morgan fingerprint density at radius 3 is 2.53 bits per heavy atom. The molecule has 0 aromatic heterocycles. The number of hydrogen-bond donors (Lipinski definition) is 0. The molecule has 0 spiro atoms. The Balaban J connectivity index is 2.36. The average Bonchev–Trinajstić information content (AvgIpc) is 2.71. The first kappa shape index (κ1) is 13.6. The van der Waals surface area contributed by atoms with Crippen molar-refractivity contribution in [3.63, 3.8) is 0 Å². The van der Waals surface area contributed by atoms with Gasteiger partial charge in [-0.1, -0.05) is 31.4 Å². The van der Waals surface area contributed by atoms with Crippen molar-refractivity contribution < 1.29 is 4.39 Å². The van der Waals surface area contributed by atoms with Crippen molar-refractivity contribution in [3.05, 3.63) is 33.0 Å². The molecule has 17 heavy (non-hydrogen) atoms. The summed E-state index contributed by atoms with van der Waals surface area (Å²) in [5.74, 6) is -0.283. The molecule has 1 aromatic carbocycles. The summed E-state index contributed by atoms with van der Waals surface area (Å²) < 4.78 is 14.5. The highest BCUT2D eigenvalue weighted by Gasteiger charge is 2.38. The summed E-state index contributed by atoms with van der Waals surface area (Å²) >= 11 is 15.7. The summed E-state index contributed by atoms with van der Waals surface area (Å²) in [7, 11) is 0. The minimum atomic E-state index is -0.310. The average molecular weight is 340 g/mol. The zero-order valence-corrected chi connectivity index (χ0v) is 12.7. The van der Waals surface area contributed by atoms with Gasteiger partial charge in [0.25, 0.3) is 0 Å². The van der Waals surface area contributed by atoms with Crippen molar-refractivity contribution in [1.82, 2.24) is 0 Å². The number of halogens is 4. The molecule has 4 heteroatoms. The Bertz CT molecular complexity index is 428. The predicted molar refractivity (Wildman–Crippen MR) is 74.3 cm³/mol. The van der Waals surface area contributed by atoms with Crippen LogP contribution in [0.4, 0.5) is 4.39 Å². The van der Waals surface area contributed by atoms with E-state index in [0.29, 0.717) is 15.1 Å². The number of hydrogen-bond acceptors (Lipinski definition) is 0. The number of benzene rings is 1. The van der Waals surface area contributed by atoms with Crippen LogP contribution in [0.2, 0.25) is 5.02 Å². The van der Waals surface area contributed by atoms with Gasteiger partial charge >= 0.3 is 0 Å². The van der Waals surface area contributed by atoms with E-state index in [4.69, 9.17) is 23.2 Å². The Kier molecular flexibility index (Phi) is 4.06. The fraction of sp³-hybridized carbons (Fsp3) is 0.538. The summed E-state index contributed by atoms with van der Waals surface area (Å²) in [6.07, 6.45) is 4.44. The molecule has 0 saturated heterocycles. The topological polar surface area (TPSA) is 0 Å². The molecule has 0 nitrogen and oxygen atoms in total. The third-order valence-corrected chi connectivity index (χ3v) is 5.63. The highest BCUT2D eigenvalue weighted by molar-refractivity contribution is 9.10. The van der Waals surface area contributed by atoms with Crippen molar-refractivity contribution in [1.29, 1.82) is 0 Å². The normalized spacial score (nSPS) is 20.5. The third-order valence-electron chi connectivity index (χ3n) is 3.67. The zero-order chi connectivity index (χ0) is 12.6. The smallest absolute Gasteiger partial charge is 0.129 e. The van der Waals surface area contributed by atoms with Crippen LogP contribution in [0.5, 0.6) is 0 Å². The molecule has 1 aromatic rings. The van der Waals surface area contributed by atoms with Gasteiger partial charge < -0.3 is 0 Å². The van der Waals surface area contributed by atoms with Crippen LogP contribution in [0, 0.1) is 11.2 Å². The lowest BCUT2D eigenvalue weighted by molar-refractivity contribution is 0.316. The molecular formula is C13H14BrCl2F. The van der Waals surface area contributed by atoms with E-state index in [2.05, 4.69) is 22.9 Å². The minimum absolute atomic E-state index is 0.0143. The van der Waals surface area contributed by atoms with Crippen LogP contribution in [0.1, 0.15) is 43.5 Å². The Morgan fingerprint density at radius 2 is 1.94 bits per heavy atom. The first-order valence-electron chi connectivity index (χ1n) is 5.72. The van der Waals surface area contributed by atoms with E-state index < -0.39 is 0 Å². The van der Waals surface area contributed by atoms with E-state index in [1.54, 1.807) is 6.07 Å². The zero-order valence-electron chi connectivity index (χ0n) is 9.57. The Labute approximate surface area is 120 Å². The van der Waals surface area contributed by atoms with Crippen LogP contribution >= 0.6 is 39.1 Å². The highest BCUT2D eigenvalue weighted by Crippen LogP contribution is 2.51. The molecule has 1 aliphatic rings. The molecule has 1 fully saturated rings. The standard InChI is InChI=1S/C13H14BrCl2F/c1-13(4-2-3-5-13)12(16)8-6-10(15)9(14)7-11(8)17/h6-7,12H,2-5H2,1H3. The van der Waals surface area contributed by atoms with Crippen molar-refractivity contribution in [2.24, 2.45) is 5.41 Å². The third kappa shape index (κ3) is 2.64. The summed E-state index contributed by atoms with van der Waals surface area (Å²) in [4.78, 5) is 0. The van der Waals surface area contributed by atoms with Gasteiger partial charge in [-0.05, 0) is 46.3 Å². The van der Waals surface area contributed by atoms with Crippen molar-refractivity contribution in [2.75, 3.05) is 0 Å². The molecule has 0 aliphatic heterocycles. The molecule has 0 radical (unpaired) electrons. The van der Waals surface area contributed by atoms with Gasteiger partial charge in [0.05, 0.1) is 10.4 Å². The van der Waals surface area contributed by atoms with Gasteiger partial charge in [0.15, 0.2) is 0 Å². The number of rotatable bonds is 2. The van der Waals surface area contributed by atoms with Gasteiger partial charge in [-0.15, -0.1) is 11.6 Å². The van der Waals surface area contributed by atoms with Crippen LogP contribution in [-0.4, -0.2) is 0 Å². The summed E-state index contributed by atoms with van der Waals surface area (Å²) in [5, 5.41) is 0.198. The largest absolute Gasteiger partial charge is 0.207 e. The quantitative estimate of drug-likeness (QED) is 0.451. The second-order valence-corrected chi connectivity index (χ2v) is 6.71. The van der Waals surface area contributed by atoms with Crippen LogP contribution in [-0.2, 0) is 0 Å². The maximum atomic E-state index is 13.9. The monoisotopic (exact) mass is 338 g/mol. The molecule has 1 atom stereocenters. The Morgan fingerprint density at radius 1 is 1.35 bits per heavy atom. The van der Waals surface area contributed by atoms with Crippen molar-refractivity contribution in [3.8, 4) is 0 Å². The van der Waals surface area contributed by atoms with E-state index in [1.807, 2.05) is 0 Å². The Hall–Kier alpha value is 0.210. The molecule has 94 valence electrons. The summed E-state index contributed by atoms with van der Waals surface area (Å²) in [6.45, 7) is 2.13. The maximum absolute atomic E-state index is 13.9. The van der Waals surface area contributed by atoms with Gasteiger partial charge in [0.1, 0.15) is 5.82 Å². The molecule has 0 amide bonds. The van der Waals surface area contributed by atoms with E-state index in [9.17, 15) is 4.39 Å². The maximum Gasteiger partial charge on any atom is 0.129 e. The minimum Gasteiger partial charge on any atom is -0.207 e. The van der Waals surface area contributed by atoms with Crippen molar-refractivity contribution in [2.45, 2.75) is 38.0 Å². The van der Waals surface area contributed by atoms with E-state index in [0.717, 1.165) is 12.8 Å². The van der Waals surface area contributed by atoms with Crippen LogP contribution in [0.15, 0.2) is 16.6 Å². The van der Waals surface area contributed by atoms with Gasteiger partial charge in [-0.2, -0.15) is 0 Å². The van der Waals surface area contributed by atoms with Gasteiger partial charge in [0.2, 0.25) is 0 Å². The number of alkyl halides is 1. The molecule has 0 N–H and O–H groups in total. The molecule has 0 heterocycles. The summed E-state index contributed by atoms with van der Waals surface area (Å²) in [5.41, 5.74) is 0.504. The lowest BCUT2D eigenvalue weighted by Crippen LogP contribution is -2.19. The first-order valence-corrected chi connectivity index (χ1v) is 7.33. The highest BCUT2D eigenvalue weighted by atomic mass is 79.9. The molecule has 0 bridgehead atoms. The van der Waals surface area contributed by atoms with Crippen LogP contribution < -0.4 is 0 Å². The van der Waals surface area contributed by atoms with E-state index in [-0.39, 0.29) is 16.6 Å². The molecular weight excluding hydrogens is 326 g/mol. The van der Waals surface area contributed by atoms with Crippen LogP contribution in [0.25, 0.3) is 0 Å². The first-order chi connectivity index (χ1) is 7.94. The molecule has 2 rings (SSSR count). The fourth-order valence-electron chi connectivity index (χ4n) is 2.54. The van der Waals surface area contributed by atoms with Gasteiger partial charge in [0, 0.05) is 10.0 Å². The van der Waals surface area contributed by atoms with Crippen LogP contribution in [0.3, 0.4) is 0 Å². The van der Waals surface area contributed by atoms with Crippen molar-refractivity contribution >= 4 is 39.1 Å². The van der Waals surface area contributed by atoms with E-state index in [1.165, 1.54) is 18.9 Å². The fourth-order valence-corrected chi connectivity index (χ4v) is 3.42. The van der Waals surface area contributed by atoms with E-state index >= 15 is 0 Å². The van der Waals surface area contributed by atoms with Gasteiger partial charge in [-0.25, -0.2) is 4.39 Å². The molecule has 1 saturated carbocycles.